The third-order valence-corrected chi connectivity index (χ3v) is 4.04. The van der Waals surface area contributed by atoms with Crippen LogP contribution in [0, 0.1) is 0 Å². The molecular formula is C20H32O3. The predicted molar refractivity (Wildman–Crippen MR) is 95.1 cm³/mol. The van der Waals surface area contributed by atoms with E-state index in [2.05, 4.69) is 13.0 Å². The molecule has 3 heteroatoms. The molecular weight excluding hydrogens is 288 g/mol. The highest BCUT2D eigenvalue weighted by Gasteiger charge is 2.18. The minimum atomic E-state index is -0.947. The van der Waals surface area contributed by atoms with Crippen LogP contribution in [-0.4, -0.2) is 11.1 Å². The van der Waals surface area contributed by atoms with Gasteiger partial charge in [-0.25, -0.2) is 4.79 Å². The van der Waals surface area contributed by atoms with E-state index in [1.54, 1.807) is 0 Å². The predicted octanol–water partition coefficient (Wildman–Crippen LogP) is 6.13. The number of unbranched alkanes of at least 4 members (excludes halogenated alkanes) is 11. The third kappa shape index (κ3) is 11.7. The summed E-state index contributed by atoms with van der Waals surface area (Å²) in [5.74, 6) is 0.519. The zero-order valence-corrected chi connectivity index (χ0v) is 14.6. The largest absolute Gasteiger partial charge is 0.478 e. The minimum absolute atomic E-state index is 0.669. The minimum Gasteiger partial charge on any atom is -0.478 e. The van der Waals surface area contributed by atoms with Gasteiger partial charge in [0.2, 0.25) is 0 Å². The lowest BCUT2D eigenvalue weighted by molar-refractivity contribution is -0.131. The Hall–Kier alpha value is -1.51. The number of rotatable bonds is 15. The lowest BCUT2D eigenvalue weighted by atomic mass is 10.1. The van der Waals surface area contributed by atoms with Crippen molar-refractivity contribution in [2.75, 3.05) is 0 Å². The summed E-state index contributed by atoms with van der Waals surface area (Å²) in [5.41, 5.74) is 0. The van der Waals surface area contributed by atoms with Gasteiger partial charge in [0.05, 0.1) is 0 Å². The quantitative estimate of drug-likeness (QED) is 0.292. The van der Waals surface area contributed by atoms with Crippen molar-refractivity contribution >= 4 is 5.97 Å². The molecule has 3 nitrogen and oxygen atoms in total. The van der Waals surface area contributed by atoms with E-state index in [0.717, 1.165) is 18.3 Å². The van der Waals surface area contributed by atoms with Crippen molar-refractivity contribution in [3.8, 4) is 0 Å². The number of aliphatic carboxylic acids is 1. The maximum Gasteiger partial charge on any atom is 0.328 e. The second-order valence-corrected chi connectivity index (χ2v) is 6.23. The third-order valence-electron chi connectivity index (χ3n) is 4.04. The van der Waals surface area contributed by atoms with Gasteiger partial charge < -0.3 is 9.84 Å². The van der Waals surface area contributed by atoms with Gasteiger partial charge in [0.25, 0.3) is 0 Å². The number of ether oxygens (including phenoxy) is 1. The van der Waals surface area contributed by atoms with Gasteiger partial charge in [-0.2, -0.15) is 0 Å². The molecule has 130 valence electrons. The SMILES string of the molecule is CCCCCCCCCCCCC/C=C/C1=C(/C=C/C(=O)O)O1. The van der Waals surface area contributed by atoms with Crippen molar-refractivity contribution in [3.05, 3.63) is 35.8 Å². The van der Waals surface area contributed by atoms with Crippen LogP contribution in [0.2, 0.25) is 0 Å². The number of carboxylic acid groups (broad SMARTS) is 1. The number of carbonyl (C=O) groups is 1. The van der Waals surface area contributed by atoms with Gasteiger partial charge >= 0.3 is 5.97 Å². The normalized spacial score (nSPS) is 14.0. The van der Waals surface area contributed by atoms with Crippen molar-refractivity contribution in [2.45, 2.75) is 84.0 Å². The number of hydrogen-bond acceptors (Lipinski definition) is 2. The summed E-state index contributed by atoms with van der Waals surface area (Å²) in [4.78, 5) is 10.3. The van der Waals surface area contributed by atoms with Crippen molar-refractivity contribution < 1.29 is 14.6 Å². The maximum atomic E-state index is 10.3. The van der Waals surface area contributed by atoms with Crippen LogP contribution >= 0.6 is 0 Å². The standard InChI is InChI=1S/C20H32O3/c1-2-3-4-5-6-7-8-9-10-11-12-13-14-15-18-19(23-18)16-17-20(21)22/h14-17H,2-13H2,1H3,(H,21,22)/b15-14+,17-16+. The highest BCUT2D eigenvalue weighted by atomic mass is 16.6. The molecule has 0 radical (unpaired) electrons. The fraction of sp³-hybridized carbons (Fsp3) is 0.650. The average Bonchev–Trinajstić information content (AvgIpc) is 3.28. The van der Waals surface area contributed by atoms with E-state index in [0.29, 0.717) is 5.76 Å². The molecule has 0 saturated carbocycles. The van der Waals surface area contributed by atoms with Crippen LogP contribution in [0.25, 0.3) is 0 Å². The molecule has 0 aromatic carbocycles. The van der Waals surface area contributed by atoms with Crippen molar-refractivity contribution in [1.29, 1.82) is 0 Å². The summed E-state index contributed by atoms with van der Waals surface area (Å²) in [5, 5.41) is 8.49. The van der Waals surface area contributed by atoms with Gasteiger partial charge in [-0.1, -0.05) is 77.2 Å². The number of hydrogen-bond donors (Lipinski definition) is 1. The molecule has 0 bridgehead atoms. The van der Waals surface area contributed by atoms with E-state index in [4.69, 9.17) is 9.84 Å². The average molecular weight is 320 g/mol. The Morgan fingerprint density at radius 2 is 1.39 bits per heavy atom. The van der Waals surface area contributed by atoms with E-state index < -0.39 is 5.97 Å². The lowest BCUT2D eigenvalue weighted by Crippen LogP contribution is -1.84. The molecule has 0 aromatic rings. The van der Waals surface area contributed by atoms with Gasteiger partial charge in [-0.05, 0) is 25.0 Å². The van der Waals surface area contributed by atoms with Gasteiger partial charge in [-0.15, -0.1) is 0 Å². The molecule has 1 heterocycles. The lowest BCUT2D eigenvalue weighted by Gasteiger charge is -2.01. The Morgan fingerprint density at radius 1 is 0.870 bits per heavy atom. The van der Waals surface area contributed by atoms with Crippen LogP contribution in [0.3, 0.4) is 0 Å². The molecule has 1 aliphatic rings. The van der Waals surface area contributed by atoms with E-state index in [1.807, 2.05) is 6.08 Å². The van der Waals surface area contributed by atoms with E-state index >= 15 is 0 Å². The molecule has 0 aliphatic carbocycles. The first-order valence-corrected chi connectivity index (χ1v) is 9.23. The molecule has 0 aromatic heterocycles. The number of allylic oxidation sites excluding steroid dienone is 3. The van der Waals surface area contributed by atoms with Crippen LogP contribution in [0.4, 0.5) is 0 Å². The van der Waals surface area contributed by atoms with E-state index in [-0.39, 0.29) is 0 Å². The van der Waals surface area contributed by atoms with E-state index in [9.17, 15) is 4.79 Å². The molecule has 0 fully saturated rings. The molecule has 0 unspecified atom stereocenters. The zero-order chi connectivity index (χ0) is 16.8. The second kappa shape index (κ2) is 13.0. The molecule has 0 amide bonds. The molecule has 0 saturated heterocycles. The topological polar surface area (TPSA) is 49.8 Å². The Kier molecular flexibility index (Phi) is 11.0. The summed E-state index contributed by atoms with van der Waals surface area (Å²) in [6, 6.07) is 0. The first-order chi connectivity index (χ1) is 11.2. The van der Waals surface area contributed by atoms with Gasteiger partial charge in [0, 0.05) is 6.08 Å². The second-order valence-electron chi connectivity index (χ2n) is 6.23. The van der Waals surface area contributed by atoms with Crippen LogP contribution in [0.1, 0.15) is 84.0 Å². The summed E-state index contributed by atoms with van der Waals surface area (Å²) >= 11 is 0. The Balaban J connectivity index is 1.85. The first kappa shape index (κ1) is 19.5. The Labute approximate surface area is 141 Å². The summed E-state index contributed by atoms with van der Waals surface area (Å²) in [6.45, 7) is 2.26. The Bertz CT molecular complexity index is 419. The molecule has 1 aliphatic heterocycles. The van der Waals surface area contributed by atoms with Crippen LogP contribution in [0.5, 0.6) is 0 Å². The fourth-order valence-electron chi connectivity index (χ4n) is 2.59. The van der Waals surface area contributed by atoms with Crippen LogP contribution in [0.15, 0.2) is 35.8 Å². The highest BCUT2D eigenvalue weighted by Crippen LogP contribution is 2.28. The van der Waals surface area contributed by atoms with Gasteiger partial charge in [0.15, 0.2) is 11.5 Å². The van der Waals surface area contributed by atoms with Gasteiger partial charge in [0.1, 0.15) is 0 Å². The molecule has 23 heavy (non-hydrogen) atoms. The number of carboxylic acids is 1. The maximum absolute atomic E-state index is 10.3. The molecule has 0 spiro atoms. The van der Waals surface area contributed by atoms with Crippen molar-refractivity contribution in [3.63, 3.8) is 0 Å². The van der Waals surface area contributed by atoms with Crippen LogP contribution in [-0.2, 0) is 9.53 Å². The molecule has 0 atom stereocenters. The summed E-state index contributed by atoms with van der Waals surface area (Å²) < 4.78 is 5.17. The monoisotopic (exact) mass is 320 g/mol. The molecule has 1 rings (SSSR count). The fourth-order valence-corrected chi connectivity index (χ4v) is 2.59. The summed E-state index contributed by atoms with van der Waals surface area (Å²) in [6.07, 6.45) is 22.7. The Morgan fingerprint density at radius 3 is 1.96 bits per heavy atom. The highest BCUT2D eigenvalue weighted by molar-refractivity contribution is 5.80. The van der Waals surface area contributed by atoms with Gasteiger partial charge in [-0.3, -0.25) is 0 Å². The smallest absolute Gasteiger partial charge is 0.328 e. The van der Waals surface area contributed by atoms with E-state index in [1.165, 1.54) is 76.7 Å². The van der Waals surface area contributed by atoms with Crippen LogP contribution < -0.4 is 0 Å². The van der Waals surface area contributed by atoms with Crippen molar-refractivity contribution in [2.24, 2.45) is 0 Å². The summed E-state index contributed by atoms with van der Waals surface area (Å²) in [7, 11) is 0. The zero-order valence-electron chi connectivity index (χ0n) is 14.6. The van der Waals surface area contributed by atoms with Crippen molar-refractivity contribution in [1.82, 2.24) is 0 Å². The first-order valence-electron chi connectivity index (χ1n) is 9.23. The molecule has 1 N–H and O–H groups in total.